The summed E-state index contributed by atoms with van der Waals surface area (Å²) in [7, 11) is 0. The van der Waals surface area contributed by atoms with Crippen molar-refractivity contribution in [1.82, 2.24) is 20.0 Å². The molecule has 7 nitrogen and oxygen atoms in total. The first-order valence-corrected chi connectivity index (χ1v) is 12.1. The number of para-hydroxylation sites is 1. The van der Waals surface area contributed by atoms with Gasteiger partial charge in [-0.3, -0.25) is 9.69 Å². The number of imide groups is 1. The maximum atomic E-state index is 13.2. The molecule has 3 amide bonds. The molecule has 1 saturated heterocycles. The highest BCUT2D eigenvalue weighted by molar-refractivity contribution is 6.30. The number of halogens is 4. The smallest absolute Gasteiger partial charge is 0.416 e. The molecule has 0 aliphatic carbocycles. The number of aromatic nitrogens is 2. The SMILES string of the molecule is Cc1ccccc1-n1nc(-c2ccc(Cl)cc2)c(/C=C2\NC(=O)N(Cc3ccc(C(F)(F)F)cc3)C2=O)c1O. The van der Waals surface area contributed by atoms with Crippen LogP contribution in [0, 0.1) is 6.92 Å². The number of carbonyl (C=O) groups excluding carboxylic acids is 2. The zero-order chi connectivity index (χ0) is 27.9. The maximum Gasteiger partial charge on any atom is 0.416 e. The van der Waals surface area contributed by atoms with E-state index in [1.165, 1.54) is 22.9 Å². The van der Waals surface area contributed by atoms with Crippen LogP contribution in [0.3, 0.4) is 0 Å². The summed E-state index contributed by atoms with van der Waals surface area (Å²) < 4.78 is 40.0. The molecule has 1 aliphatic heterocycles. The molecule has 2 heterocycles. The Morgan fingerprint density at radius 3 is 2.31 bits per heavy atom. The van der Waals surface area contributed by atoms with Crippen LogP contribution in [0.25, 0.3) is 23.0 Å². The number of nitrogens with one attached hydrogen (secondary N) is 1. The van der Waals surface area contributed by atoms with Crippen molar-refractivity contribution in [3.05, 3.63) is 106 Å². The van der Waals surface area contributed by atoms with Gasteiger partial charge in [0.05, 0.1) is 23.4 Å². The minimum absolute atomic E-state index is 0.123. The summed E-state index contributed by atoms with van der Waals surface area (Å²) in [5.74, 6) is -0.963. The molecule has 0 spiro atoms. The normalized spacial score (nSPS) is 14.8. The molecule has 0 radical (unpaired) electrons. The predicted molar refractivity (Wildman–Crippen MR) is 139 cm³/mol. The summed E-state index contributed by atoms with van der Waals surface area (Å²) >= 11 is 6.04. The van der Waals surface area contributed by atoms with Crippen LogP contribution in [0.15, 0.2) is 78.5 Å². The second-order valence-electron chi connectivity index (χ2n) is 8.87. The van der Waals surface area contributed by atoms with E-state index in [2.05, 4.69) is 10.4 Å². The van der Waals surface area contributed by atoms with Gasteiger partial charge in [0.1, 0.15) is 11.4 Å². The zero-order valence-corrected chi connectivity index (χ0v) is 21.1. The Morgan fingerprint density at radius 1 is 1.00 bits per heavy atom. The molecule has 39 heavy (non-hydrogen) atoms. The van der Waals surface area contributed by atoms with Crippen LogP contribution in [0.5, 0.6) is 5.88 Å². The van der Waals surface area contributed by atoms with E-state index in [9.17, 15) is 27.9 Å². The second-order valence-corrected chi connectivity index (χ2v) is 9.30. The third-order valence-corrected chi connectivity index (χ3v) is 6.48. The van der Waals surface area contributed by atoms with E-state index in [0.717, 1.165) is 22.6 Å². The average molecular weight is 553 g/mol. The lowest BCUT2D eigenvalue weighted by Crippen LogP contribution is -2.30. The van der Waals surface area contributed by atoms with E-state index in [1.807, 2.05) is 19.1 Å². The summed E-state index contributed by atoms with van der Waals surface area (Å²) in [4.78, 5) is 26.7. The van der Waals surface area contributed by atoms with Gasteiger partial charge in [0.2, 0.25) is 5.88 Å². The number of benzene rings is 3. The molecule has 0 saturated carbocycles. The van der Waals surface area contributed by atoms with E-state index in [0.29, 0.717) is 27.5 Å². The lowest BCUT2D eigenvalue weighted by Gasteiger charge is -2.13. The number of aryl methyl sites for hydroxylation is 1. The summed E-state index contributed by atoms with van der Waals surface area (Å²) in [6, 6.07) is 17.5. The third-order valence-electron chi connectivity index (χ3n) is 6.23. The van der Waals surface area contributed by atoms with Crippen LogP contribution in [0.2, 0.25) is 5.02 Å². The van der Waals surface area contributed by atoms with Gasteiger partial charge in [0.25, 0.3) is 5.91 Å². The van der Waals surface area contributed by atoms with Crippen LogP contribution < -0.4 is 5.32 Å². The predicted octanol–water partition coefficient (Wildman–Crippen LogP) is 6.32. The maximum absolute atomic E-state index is 13.2. The van der Waals surface area contributed by atoms with E-state index in [4.69, 9.17) is 11.6 Å². The molecular formula is C28H20ClF3N4O3. The second kappa shape index (κ2) is 9.95. The number of urea groups is 1. The van der Waals surface area contributed by atoms with Gasteiger partial charge in [-0.1, -0.05) is 54.1 Å². The molecule has 0 bridgehead atoms. The van der Waals surface area contributed by atoms with Crippen molar-refractivity contribution in [1.29, 1.82) is 0 Å². The molecule has 1 aliphatic rings. The fourth-order valence-corrected chi connectivity index (χ4v) is 4.31. The first-order valence-electron chi connectivity index (χ1n) is 11.7. The number of amides is 3. The van der Waals surface area contributed by atoms with Gasteiger partial charge in [0, 0.05) is 10.6 Å². The Kier molecular flexibility index (Phi) is 6.65. The van der Waals surface area contributed by atoms with Crippen molar-refractivity contribution < 1.29 is 27.9 Å². The molecular weight excluding hydrogens is 533 g/mol. The quantitative estimate of drug-likeness (QED) is 0.224. The summed E-state index contributed by atoms with van der Waals surface area (Å²) in [5, 5.41) is 18.8. The number of rotatable bonds is 5. The number of hydrogen-bond donors (Lipinski definition) is 2. The zero-order valence-electron chi connectivity index (χ0n) is 20.3. The Hall–Kier alpha value is -4.57. The van der Waals surface area contributed by atoms with Crippen LogP contribution in [0.1, 0.15) is 22.3 Å². The molecule has 198 valence electrons. The largest absolute Gasteiger partial charge is 0.493 e. The van der Waals surface area contributed by atoms with Gasteiger partial charge in [-0.2, -0.15) is 23.0 Å². The van der Waals surface area contributed by atoms with Gasteiger partial charge in [0.15, 0.2) is 0 Å². The number of alkyl halides is 3. The van der Waals surface area contributed by atoms with E-state index in [-0.39, 0.29) is 23.7 Å². The Morgan fingerprint density at radius 2 is 1.67 bits per heavy atom. The van der Waals surface area contributed by atoms with Crippen LogP contribution in [-0.2, 0) is 17.5 Å². The number of aromatic hydroxyl groups is 1. The first-order chi connectivity index (χ1) is 18.5. The number of carbonyl (C=O) groups is 2. The van der Waals surface area contributed by atoms with Gasteiger partial charge >= 0.3 is 12.2 Å². The van der Waals surface area contributed by atoms with E-state index in [1.54, 1.807) is 36.4 Å². The lowest BCUT2D eigenvalue weighted by molar-refractivity contribution is -0.137. The van der Waals surface area contributed by atoms with Gasteiger partial charge in [-0.15, -0.1) is 0 Å². The van der Waals surface area contributed by atoms with Crippen molar-refractivity contribution >= 4 is 29.6 Å². The van der Waals surface area contributed by atoms with Crippen LogP contribution in [0.4, 0.5) is 18.0 Å². The van der Waals surface area contributed by atoms with Gasteiger partial charge < -0.3 is 10.4 Å². The molecule has 3 aromatic carbocycles. The highest BCUT2D eigenvalue weighted by atomic mass is 35.5. The molecule has 4 aromatic rings. The van der Waals surface area contributed by atoms with E-state index < -0.39 is 23.7 Å². The standard InChI is InChI=1S/C28H20ClF3N4O3/c1-16-4-2-3-5-23(16)36-25(37)21(24(34-36)18-8-12-20(29)13-9-18)14-22-26(38)35(27(39)33-22)15-17-6-10-19(11-7-17)28(30,31)32/h2-14,37H,15H2,1H3,(H,33,39)/b22-14-. The van der Waals surface area contributed by atoms with Gasteiger partial charge in [-0.25, -0.2) is 4.79 Å². The molecule has 2 N–H and O–H groups in total. The number of hydrogen-bond acceptors (Lipinski definition) is 4. The lowest BCUT2D eigenvalue weighted by atomic mass is 10.1. The van der Waals surface area contributed by atoms with Crippen LogP contribution in [-0.4, -0.2) is 31.7 Å². The van der Waals surface area contributed by atoms with Gasteiger partial charge in [-0.05, 0) is 54.5 Å². The molecule has 1 fully saturated rings. The minimum atomic E-state index is -4.50. The van der Waals surface area contributed by atoms with Crippen LogP contribution >= 0.6 is 11.6 Å². The Labute approximate surface area is 225 Å². The molecule has 1 aromatic heterocycles. The molecule has 11 heteroatoms. The third kappa shape index (κ3) is 5.10. The highest BCUT2D eigenvalue weighted by Gasteiger charge is 2.35. The average Bonchev–Trinajstić information content (AvgIpc) is 3.35. The Bertz CT molecular complexity index is 1610. The number of nitrogens with zero attached hydrogens (tertiary/aromatic N) is 3. The molecule has 5 rings (SSSR count). The fraction of sp³-hybridized carbons (Fsp3) is 0.107. The molecule has 0 atom stereocenters. The first kappa shape index (κ1) is 26.1. The Balaban J connectivity index is 1.52. The minimum Gasteiger partial charge on any atom is -0.493 e. The van der Waals surface area contributed by atoms with Crippen molar-refractivity contribution in [2.45, 2.75) is 19.6 Å². The van der Waals surface area contributed by atoms with Crippen molar-refractivity contribution in [3.8, 4) is 22.8 Å². The summed E-state index contributed by atoms with van der Waals surface area (Å²) in [6.45, 7) is 1.62. The summed E-state index contributed by atoms with van der Waals surface area (Å²) in [5.41, 5.74) is 1.95. The topological polar surface area (TPSA) is 87.5 Å². The highest BCUT2D eigenvalue weighted by Crippen LogP contribution is 2.35. The van der Waals surface area contributed by atoms with Crippen molar-refractivity contribution in [2.24, 2.45) is 0 Å². The summed E-state index contributed by atoms with van der Waals surface area (Å²) in [6.07, 6.45) is -3.17. The fourth-order valence-electron chi connectivity index (χ4n) is 4.19. The van der Waals surface area contributed by atoms with Crippen molar-refractivity contribution in [2.75, 3.05) is 0 Å². The molecule has 0 unspecified atom stereocenters. The monoisotopic (exact) mass is 552 g/mol. The van der Waals surface area contributed by atoms with E-state index >= 15 is 0 Å². The van der Waals surface area contributed by atoms with Crippen molar-refractivity contribution in [3.63, 3.8) is 0 Å².